The molecule has 3 heterocycles. The number of anilines is 1. The molecule has 0 atom stereocenters. The third kappa shape index (κ3) is 2.55. The van der Waals surface area contributed by atoms with Crippen LogP contribution in [0.25, 0.3) is 16.9 Å². The maximum Gasteiger partial charge on any atom is 0.154 e. The van der Waals surface area contributed by atoms with Crippen molar-refractivity contribution in [2.75, 3.05) is 38.1 Å². The first-order valence-corrected chi connectivity index (χ1v) is 7.74. The number of fused-ring (bicyclic) bond motifs is 1. The van der Waals surface area contributed by atoms with E-state index in [-0.39, 0.29) is 5.82 Å². The number of imidazole rings is 1. The molecule has 3 aromatic rings. The first kappa shape index (κ1) is 14.1. The van der Waals surface area contributed by atoms with E-state index in [2.05, 4.69) is 26.9 Å². The van der Waals surface area contributed by atoms with E-state index in [0.717, 1.165) is 43.1 Å². The van der Waals surface area contributed by atoms with E-state index in [1.54, 1.807) is 23.0 Å². The molecule has 0 unspecified atom stereocenters. The Labute approximate surface area is 134 Å². The van der Waals surface area contributed by atoms with Crippen LogP contribution in [0.5, 0.6) is 0 Å². The molecule has 0 N–H and O–H groups in total. The van der Waals surface area contributed by atoms with Crippen molar-refractivity contribution in [2.24, 2.45) is 0 Å². The van der Waals surface area contributed by atoms with Crippen LogP contribution in [-0.4, -0.2) is 52.7 Å². The summed E-state index contributed by atoms with van der Waals surface area (Å²) in [4.78, 5) is 8.67. The highest BCUT2D eigenvalue weighted by Gasteiger charge is 2.18. The molecule has 1 saturated heterocycles. The van der Waals surface area contributed by atoms with Crippen LogP contribution in [0.15, 0.2) is 42.7 Å². The molecule has 1 fully saturated rings. The zero-order valence-electron chi connectivity index (χ0n) is 13.0. The van der Waals surface area contributed by atoms with E-state index in [4.69, 9.17) is 0 Å². The van der Waals surface area contributed by atoms with Gasteiger partial charge in [0.2, 0.25) is 0 Å². The zero-order chi connectivity index (χ0) is 15.8. The lowest BCUT2D eigenvalue weighted by Gasteiger charge is -2.34. The number of nitrogens with zero attached hydrogens (tertiary/aromatic N) is 5. The summed E-state index contributed by atoms with van der Waals surface area (Å²) in [5.74, 6) is -0.196. The van der Waals surface area contributed by atoms with Gasteiger partial charge in [-0.25, -0.2) is 13.9 Å². The van der Waals surface area contributed by atoms with Crippen molar-refractivity contribution in [1.82, 2.24) is 19.5 Å². The Hall–Kier alpha value is -2.47. The maximum atomic E-state index is 14.6. The fourth-order valence-electron chi connectivity index (χ4n) is 3.00. The molecule has 5 nitrogen and oxygen atoms in total. The largest absolute Gasteiger partial charge is 0.367 e. The Balaban J connectivity index is 1.68. The lowest BCUT2D eigenvalue weighted by molar-refractivity contribution is 0.311. The number of piperazine rings is 1. The highest BCUT2D eigenvalue weighted by atomic mass is 19.1. The first-order valence-electron chi connectivity index (χ1n) is 7.74. The average molecular weight is 311 g/mol. The van der Waals surface area contributed by atoms with E-state index in [1.807, 2.05) is 24.3 Å². The lowest BCUT2D eigenvalue weighted by Crippen LogP contribution is -2.44. The Bertz CT molecular complexity index is 836. The molecular formula is C17H18FN5. The summed E-state index contributed by atoms with van der Waals surface area (Å²) in [5.41, 5.74) is 3.01. The molecule has 1 aliphatic rings. The van der Waals surface area contributed by atoms with Gasteiger partial charge in [0.1, 0.15) is 5.82 Å². The second-order valence-corrected chi connectivity index (χ2v) is 5.89. The summed E-state index contributed by atoms with van der Waals surface area (Å²) in [7, 11) is 2.09. The van der Waals surface area contributed by atoms with E-state index >= 15 is 0 Å². The number of likely N-dealkylation sites (N-methyl/N-ethyl adjacent to an activating group) is 1. The van der Waals surface area contributed by atoms with Crippen molar-refractivity contribution in [2.45, 2.75) is 0 Å². The second kappa shape index (κ2) is 5.62. The van der Waals surface area contributed by atoms with Crippen molar-refractivity contribution in [3.05, 3.63) is 48.5 Å². The smallest absolute Gasteiger partial charge is 0.154 e. The monoisotopic (exact) mass is 311 g/mol. The normalized spacial score (nSPS) is 16.2. The quantitative estimate of drug-likeness (QED) is 0.727. The summed E-state index contributed by atoms with van der Waals surface area (Å²) >= 11 is 0. The van der Waals surface area contributed by atoms with Crippen LogP contribution in [0.1, 0.15) is 0 Å². The van der Waals surface area contributed by atoms with Crippen molar-refractivity contribution in [1.29, 1.82) is 0 Å². The topological polar surface area (TPSA) is 36.7 Å². The number of hydrogen-bond acceptors (Lipinski definition) is 4. The van der Waals surface area contributed by atoms with Crippen molar-refractivity contribution in [3.63, 3.8) is 0 Å². The summed E-state index contributed by atoms with van der Waals surface area (Å²) in [5, 5.41) is 4.28. The van der Waals surface area contributed by atoms with Gasteiger partial charge in [0.15, 0.2) is 5.65 Å². The van der Waals surface area contributed by atoms with E-state index < -0.39 is 0 Å². The highest BCUT2D eigenvalue weighted by Crippen LogP contribution is 2.27. The Morgan fingerprint density at radius 2 is 1.91 bits per heavy atom. The second-order valence-electron chi connectivity index (χ2n) is 5.89. The molecule has 23 heavy (non-hydrogen) atoms. The summed E-state index contributed by atoms with van der Waals surface area (Å²) in [6, 6.07) is 9.09. The number of benzene rings is 1. The fourth-order valence-corrected chi connectivity index (χ4v) is 3.00. The molecule has 0 aliphatic carbocycles. The summed E-state index contributed by atoms with van der Waals surface area (Å²) in [6.45, 7) is 3.62. The molecule has 0 spiro atoms. The van der Waals surface area contributed by atoms with Crippen molar-refractivity contribution >= 4 is 11.3 Å². The van der Waals surface area contributed by atoms with E-state index in [1.165, 1.54) is 0 Å². The standard InChI is InChI=1S/C17H18FN5/c1-21-7-9-22(10-8-21)15-5-4-13(11-14(15)18)16-12-19-17-3-2-6-20-23(16)17/h2-6,11-12H,7-10H2,1H3. The van der Waals surface area contributed by atoms with Gasteiger partial charge >= 0.3 is 0 Å². The SMILES string of the molecule is CN1CCN(c2ccc(-c3cnc4cccnn34)cc2F)CC1. The van der Waals surface area contributed by atoms with E-state index in [0.29, 0.717) is 5.69 Å². The predicted molar refractivity (Wildman–Crippen MR) is 88.1 cm³/mol. The van der Waals surface area contributed by atoms with Crippen LogP contribution in [-0.2, 0) is 0 Å². The van der Waals surface area contributed by atoms with Crippen molar-refractivity contribution < 1.29 is 4.39 Å². The molecule has 4 rings (SSSR count). The summed E-state index contributed by atoms with van der Waals surface area (Å²) in [6.07, 6.45) is 3.43. The number of hydrogen-bond donors (Lipinski definition) is 0. The van der Waals surface area contributed by atoms with Gasteiger partial charge in [0.25, 0.3) is 0 Å². The predicted octanol–water partition coefficient (Wildman–Crippen LogP) is 2.29. The maximum absolute atomic E-state index is 14.6. The van der Waals surface area contributed by atoms with Gasteiger partial charge in [0, 0.05) is 37.9 Å². The van der Waals surface area contributed by atoms with Crippen LogP contribution in [0.4, 0.5) is 10.1 Å². The Morgan fingerprint density at radius 1 is 1.09 bits per heavy atom. The minimum absolute atomic E-state index is 0.196. The van der Waals surface area contributed by atoms with Gasteiger partial charge in [-0.15, -0.1) is 0 Å². The van der Waals surface area contributed by atoms with Gasteiger partial charge in [-0.05, 0) is 31.3 Å². The van der Waals surface area contributed by atoms with Crippen molar-refractivity contribution in [3.8, 4) is 11.3 Å². The molecule has 2 aromatic heterocycles. The average Bonchev–Trinajstić information content (AvgIpc) is 3.00. The van der Waals surface area contributed by atoms with Gasteiger partial charge < -0.3 is 9.80 Å². The Morgan fingerprint density at radius 3 is 2.70 bits per heavy atom. The summed E-state index contributed by atoms with van der Waals surface area (Å²) < 4.78 is 16.3. The molecule has 0 bridgehead atoms. The van der Waals surface area contributed by atoms with Gasteiger partial charge in [0.05, 0.1) is 17.6 Å². The van der Waals surface area contributed by atoms with Crippen LogP contribution in [0, 0.1) is 5.82 Å². The third-order valence-electron chi connectivity index (χ3n) is 4.37. The molecule has 0 amide bonds. The number of aromatic nitrogens is 3. The van der Waals surface area contributed by atoms with Crippen LogP contribution in [0.2, 0.25) is 0 Å². The van der Waals surface area contributed by atoms with Crippen LogP contribution >= 0.6 is 0 Å². The molecular weight excluding hydrogens is 293 g/mol. The molecule has 118 valence electrons. The zero-order valence-corrected chi connectivity index (χ0v) is 13.0. The minimum Gasteiger partial charge on any atom is -0.367 e. The van der Waals surface area contributed by atoms with Gasteiger partial charge in [-0.2, -0.15) is 5.10 Å². The van der Waals surface area contributed by atoms with Gasteiger partial charge in [-0.3, -0.25) is 0 Å². The molecule has 0 saturated carbocycles. The van der Waals surface area contributed by atoms with Crippen LogP contribution in [0.3, 0.4) is 0 Å². The number of halogens is 1. The lowest BCUT2D eigenvalue weighted by atomic mass is 10.1. The molecule has 0 radical (unpaired) electrons. The first-order chi connectivity index (χ1) is 11.2. The third-order valence-corrected chi connectivity index (χ3v) is 4.37. The van der Waals surface area contributed by atoms with Crippen LogP contribution < -0.4 is 4.90 Å². The number of rotatable bonds is 2. The Kier molecular flexibility index (Phi) is 3.46. The van der Waals surface area contributed by atoms with E-state index in [9.17, 15) is 4.39 Å². The highest BCUT2D eigenvalue weighted by molar-refractivity contribution is 5.66. The fraction of sp³-hybridized carbons (Fsp3) is 0.294. The molecule has 1 aliphatic heterocycles. The van der Waals surface area contributed by atoms with Gasteiger partial charge in [-0.1, -0.05) is 6.07 Å². The molecule has 1 aromatic carbocycles. The minimum atomic E-state index is -0.196. The molecule has 6 heteroatoms.